The molecule has 2 aromatic heterocycles. The highest BCUT2D eigenvalue weighted by atomic mass is 32.1. The normalized spacial score (nSPS) is 12.6. The number of hydrogen-bond acceptors (Lipinski definition) is 3. The lowest BCUT2D eigenvalue weighted by Crippen LogP contribution is -2.28. The summed E-state index contributed by atoms with van der Waals surface area (Å²) < 4.78 is 1.95. The Morgan fingerprint density at radius 2 is 2.09 bits per heavy atom. The van der Waals surface area contributed by atoms with Crippen LogP contribution in [0.15, 0.2) is 36.5 Å². The van der Waals surface area contributed by atoms with Crippen LogP contribution in [0.2, 0.25) is 0 Å². The zero-order valence-electron chi connectivity index (χ0n) is 12.7. The average Bonchev–Trinajstić information content (AvgIpc) is 3.08. The number of nitrogens with two attached hydrogens (primary N) is 1. The van der Waals surface area contributed by atoms with Crippen molar-refractivity contribution >= 4 is 27.9 Å². The second-order valence-electron chi connectivity index (χ2n) is 5.72. The molecular formula is C17H17N4OS+. The van der Waals surface area contributed by atoms with Gasteiger partial charge in [-0.25, -0.2) is 0 Å². The molecule has 0 fully saturated rings. The minimum absolute atomic E-state index is 0.355. The van der Waals surface area contributed by atoms with E-state index in [0.717, 1.165) is 40.4 Å². The van der Waals surface area contributed by atoms with Crippen molar-refractivity contribution in [2.45, 2.75) is 12.8 Å². The summed E-state index contributed by atoms with van der Waals surface area (Å²) in [6.45, 7) is 0. The Bertz CT molecular complexity index is 895. The smallest absolute Gasteiger partial charge is 0.259 e. The zero-order valence-corrected chi connectivity index (χ0v) is 13.5. The van der Waals surface area contributed by atoms with Crippen LogP contribution in [0.5, 0.6) is 0 Å². The molecule has 0 aliphatic heterocycles. The largest absolute Gasteiger partial charge is 0.365 e. The summed E-state index contributed by atoms with van der Waals surface area (Å²) in [5.41, 5.74) is 11.1. The third-order valence-corrected chi connectivity index (χ3v) is 5.28. The number of thiophene rings is 1. The lowest BCUT2D eigenvalue weighted by molar-refractivity contribution is -0.726. The van der Waals surface area contributed by atoms with E-state index in [4.69, 9.17) is 5.73 Å². The number of para-hydroxylation sites is 1. The molecule has 0 saturated heterocycles. The summed E-state index contributed by atoms with van der Waals surface area (Å²) in [6, 6.07) is 9.96. The van der Waals surface area contributed by atoms with Crippen LogP contribution >= 0.6 is 11.3 Å². The molecule has 3 aromatic rings. The molecule has 1 aromatic carbocycles. The number of aryl methyl sites for hydroxylation is 2. The van der Waals surface area contributed by atoms with E-state index >= 15 is 0 Å². The fourth-order valence-corrected chi connectivity index (χ4v) is 4.28. The molecule has 0 radical (unpaired) electrons. The molecule has 1 amide bonds. The summed E-state index contributed by atoms with van der Waals surface area (Å²) in [5.74, 6) is -0.355. The Morgan fingerprint density at radius 1 is 1.30 bits per heavy atom. The molecule has 0 unspecified atom stereocenters. The number of rotatable bonds is 3. The Morgan fingerprint density at radius 3 is 2.83 bits per heavy atom. The van der Waals surface area contributed by atoms with Gasteiger partial charge in [0.25, 0.3) is 5.91 Å². The lowest BCUT2D eigenvalue weighted by Gasteiger charge is -2.13. The van der Waals surface area contributed by atoms with Crippen molar-refractivity contribution in [3.05, 3.63) is 52.5 Å². The summed E-state index contributed by atoms with van der Waals surface area (Å²) in [7, 11) is 1.98. The second kappa shape index (κ2) is 5.24. The Balaban J connectivity index is 1.89. The molecular weight excluding hydrogens is 308 g/mol. The number of carbonyl (C=O) groups is 1. The molecule has 2 heterocycles. The van der Waals surface area contributed by atoms with Crippen molar-refractivity contribution in [3.63, 3.8) is 0 Å². The van der Waals surface area contributed by atoms with Crippen molar-refractivity contribution < 1.29 is 9.48 Å². The number of amides is 1. The predicted octanol–water partition coefficient (Wildman–Crippen LogP) is 2.51. The number of primary amides is 1. The summed E-state index contributed by atoms with van der Waals surface area (Å²) >= 11 is 1.44. The molecule has 23 heavy (non-hydrogen) atoms. The van der Waals surface area contributed by atoms with Crippen LogP contribution in [-0.2, 0) is 19.9 Å². The number of anilines is 2. The first kappa shape index (κ1) is 14.0. The van der Waals surface area contributed by atoms with Crippen LogP contribution in [0.3, 0.4) is 0 Å². The fraction of sp³-hybridized carbons (Fsp3) is 0.176. The van der Waals surface area contributed by atoms with Gasteiger partial charge in [-0.2, -0.15) is 5.10 Å². The first-order valence-corrected chi connectivity index (χ1v) is 8.30. The van der Waals surface area contributed by atoms with Gasteiger partial charge in [0, 0.05) is 16.8 Å². The van der Waals surface area contributed by atoms with Gasteiger partial charge in [0.2, 0.25) is 0 Å². The Hall–Kier alpha value is -2.60. The maximum atomic E-state index is 11.8. The quantitative estimate of drug-likeness (QED) is 0.647. The standard InChI is InChI=1S/C17H16N4OS/c1-21-9-10-7-8-12-13(14(10)20-21)17(23-15(12)16(18)22)19-11-5-3-2-4-6-11/h2-6,9H,7-8H2,1H3,(H3,18,19,20,22)/p+1. The highest BCUT2D eigenvalue weighted by molar-refractivity contribution is 7.19. The van der Waals surface area contributed by atoms with Gasteiger partial charge in [-0.15, -0.1) is 16.0 Å². The Labute approximate surface area is 137 Å². The molecule has 0 atom stereocenters. The second-order valence-corrected chi connectivity index (χ2v) is 6.74. The van der Waals surface area contributed by atoms with Crippen molar-refractivity contribution in [1.29, 1.82) is 0 Å². The monoisotopic (exact) mass is 325 g/mol. The van der Waals surface area contributed by atoms with E-state index in [2.05, 4.69) is 16.6 Å². The molecule has 0 bridgehead atoms. The van der Waals surface area contributed by atoms with Gasteiger partial charge in [-0.1, -0.05) is 18.2 Å². The summed E-state index contributed by atoms with van der Waals surface area (Å²) in [4.78, 5) is 12.5. The topological polar surface area (TPSA) is 74.8 Å². The molecule has 0 saturated carbocycles. The number of nitrogens with one attached hydrogen (secondary N) is 2. The van der Waals surface area contributed by atoms with Crippen molar-refractivity contribution in [2.75, 3.05) is 5.32 Å². The third kappa shape index (κ3) is 2.31. The number of aromatic amines is 1. The van der Waals surface area contributed by atoms with E-state index in [1.807, 2.05) is 42.1 Å². The minimum atomic E-state index is -0.355. The Kier molecular flexibility index (Phi) is 3.20. The minimum Gasteiger partial charge on any atom is -0.365 e. The van der Waals surface area contributed by atoms with Crippen LogP contribution in [-0.4, -0.2) is 11.0 Å². The highest BCUT2D eigenvalue weighted by Crippen LogP contribution is 2.45. The van der Waals surface area contributed by atoms with E-state index < -0.39 is 0 Å². The van der Waals surface area contributed by atoms with Gasteiger partial charge in [-0.3, -0.25) is 4.79 Å². The highest BCUT2D eigenvalue weighted by Gasteiger charge is 2.30. The first-order chi connectivity index (χ1) is 11.1. The molecule has 116 valence electrons. The molecule has 4 N–H and O–H groups in total. The molecule has 0 spiro atoms. The molecule has 1 aliphatic carbocycles. The van der Waals surface area contributed by atoms with Gasteiger partial charge >= 0.3 is 0 Å². The lowest BCUT2D eigenvalue weighted by atomic mass is 9.91. The van der Waals surface area contributed by atoms with Gasteiger partial charge < -0.3 is 11.1 Å². The van der Waals surface area contributed by atoms with Crippen LogP contribution in [0.25, 0.3) is 11.3 Å². The van der Waals surface area contributed by atoms with Gasteiger partial charge in [0.15, 0.2) is 13.2 Å². The van der Waals surface area contributed by atoms with E-state index in [0.29, 0.717) is 4.88 Å². The van der Waals surface area contributed by atoms with E-state index in [9.17, 15) is 4.79 Å². The predicted molar refractivity (Wildman–Crippen MR) is 90.9 cm³/mol. The van der Waals surface area contributed by atoms with Gasteiger partial charge in [-0.05, 0) is 30.5 Å². The number of benzene rings is 1. The summed E-state index contributed by atoms with van der Waals surface area (Å²) in [6.07, 6.45) is 3.86. The van der Waals surface area contributed by atoms with Crippen LogP contribution in [0.4, 0.5) is 10.7 Å². The number of hydrogen-bond donors (Lipinski definition) is 3. The fourth-order valence-electron chi connectivity index (χ4n) is 3.15. The van der Waals surface area contributed by atoms with Gasteiger partial charge in [0.05, 0.1) is 4.88 Å². The average molecular weight is 325 g/mol. The van der Waals surface area contributed by atoms with Crippen molar-refractivity contribution in [2.24, 2.45) is 12.8 Å². The maximum absolute atomic E-state index is 11.8. The van der Waals surface area contributed by atoms with Crippen LogP contribution < -0.4 is 15.7 Å². The third-order valence-electron chi connectivity index (χ3n) is 4.12. The number of nitrogens with zero attached hydrogens (tertiary/aromatic N) is 1. The van der Waals surface area contributed by atoms with Crippen molar-refractivity contribution in [1.82, 2.24) is 5.10 Å². The first-order valence-electron chi connectivity index (χ1n) is 7.49. The SMILES string of the molecule is C[n+]1cc2c([nH]1)-c1c(Nc3ccccc3)sc(C(N)=O)c1CC2. The summed E-state index contributed by atoms with van der Waals surface area (Å²) in [5, 5.41) is 7.76. The number of aromatic nitrogens is 2. The van der Waals surface area contributed by atoms with Crippen LogP contribution in [0.1, 0.15) is 20.8 Å². The molecule has 1 aliphatic rings. The maximum Gasteiger partial charge on any atom is 0.259 e. The van der Waals surface area contributed by atoms with E-state index in [1.54, 1.807) is 0 Å². The van der Waals surface area contributed by atoms with Gasteiger partial charge in [0.1, 0.15) is 10.7 Å². The molecule has 6 heteroatoms. The molecule has 5 nitrogen and oxygen atoms in total. The van der Waals surface area contributed by atoms with E-state index in [-0.39, 0.29) is 5.91 Å². The zero-order chi connectivity index (χ0) is 16.0. The number of fused-ring (bicyclic) bond motifs is 3. The van der Waals surface area contributed by atoms with E-state index in [1.165, 1.54) is 16.9 Å². The van der Waals surface area contributed by atoms with Crippen molar-refractivity contribution in [3.8, 4) is 11.3 Å². The molecule has 4 rings (SSSR count). The number of carbonyl (C=O) groups excluding carboxylic acids is 1. The van der Waals surface area contributed by atoms with Crippen LogP contribution in [0, 0.1) is 0 Å². The number of H-pyrrole nitrogens is 1.